The maximum Gasteiger partial charge on any atom is 0.0131 e. The molecule has 0 unspecified atom stereocenters. The Morgan fingerprint density at radius 1 is 0.857 bits per heavy atom. The molecule has 3 fully saturated rings. The maximum absolute atomic E-state index is 2.67. The van der Waals surface area contributed by atoms with E-state index in [-0.39, 0.29) is 0 Å². The SMILES string of the molecule is C1C2CC3CC1N23. The van der Waals surface area contributed by atoms with Crippen molar-refractivity contribution < 1.29 is 0 Å². The van der Waals surface area contributed by atoms with Crippen LogP contribution in [0.4, 0.5) is 0 Å². The molecule has 7 heavy (non-hydrogen) atoms. The maximum atomic E-state index is 2.67. The summed E-state index contributed by atoms with van der Waals surface area (Å²) in [6.45, 7) is 0. The van der Waals surface area contributed by atoms with Crippen molar-refractivity contribution in [2.45, 2.75) is 37.4 Å². The van der Waals surface area contributed by atoms with Gasteiger partial charge in [0.2, 0.25) is 0 Å². The molecule has 0 spiro atoms. The summed E-state index contributed by atoms with van der Waals surface area (Å²) in [4.78, 5) is 2.67. The molecule has 3 heterocycles. The van der Waals surface area contributed by atoms with E-state index in [1.807, 2.05) is 0 Å². The molecule has 0 saturated carbocycles. The van der Waals surface area contributed by atoms with E-state index in [1.54, 1.807) is 0 Å². The average Bonchev–Trinajstić information content (AvgIpc) is 1.66. The molecule has 3 rings (SSSR count). The van der Waals surface area contributed by atoms with Crippen LogP contribution in [0, 0.1) is 0 Å². The van der Waals surface area contributed by atoms with E-state index >= 15 is 0 Å². The Morgan fingerprint density at radius 3 is 1.29 bits per heavy atom. The molecule has 0 radical (unpaired) electrons. The normalized spacial score (nSPS) is 64.3. The summed E-state index contributed by atoms with van der Waals surface area (Å²) >= 11 is 0. The van der Waals surface area contributed by atoms with Gasteiger partial charge in [-0.25, -0.2) is 0 Å². The molecular weight excluding hydrogens is 86.1 g/mol. The molecule has 0 aromatic carbocycles. The number of hydrogen-bond acceptors (Lipinski definition) is 1. The average molecular weight is 95.1 g/mol. The molecule has 0 atom stereocenters. The lowest BCUT2D eigenvalue weighted by molar-refractivity contribution is -0.207. The highest BCUT2D eigenvalue weighted by Gasteiger charge is 2.59. The Kier molecular flexibility index (Phi) is 0.288. The fourth-order valence-corrected chi connectivity index (χ4v) is 2.44. The van der Waals surface area contributed by atoms with Crippen molar-refractivity contribution in [3.05, 3.63) is 0 Å². The Labute approximate surface area is 43.3 Å². The van der Waals surface area contributed by atoms with Crippen molar-refractivity contribution >= 4 is 0 Å². The van der Waals surface area contributed by atoms with Gasteiger partial charge in [-0.3, -0.25) is 4.90 Å². The Bertz CT molecular complexity index is 91.6. The molecule has 0 amide bonds. The smallest absolute Gasteiger partial charge is 0.0131 e. The zero-order valence-corrected chi connectivity index (χ0v) is 4.30. The monoisotopic (exact) mass is 95.1 g/mol. The number of nitrogens with zero attached hydrogens (tertiary/aromatic N) is 1. The lowest BCUT2D eigenvalue weighted by Gasteiger charge is -2.71. The number of rotatable bonds is 0. The molecule has 3 aliphatic heterocycles. The van der Waals surface area contributed by atoms with Crippen molar-refractivity contribution in [2.75, 3.05) is 0 Å². The number of hydrogen-bond donors (Lipinski definition) is 0. The molecule has 3 aliphatic rings. The van der Waals surface area contributed by atoms with Crippen LogP contribution in [0.5, 0.6) is 0 Å². The highest BCUT2D eigenvalue weighted by molar-refractivity contribution is 5.15. The van der Waals surface area contributed by atoms with Crippen molar-refractivity contribution in [2.24, 2.45) is 0 Å². The van der Waals surface area contributed by atoms with Crippen LogP contribution in [0.15, 0.2) is 0 Å². The first-order chi connectivity index (χ1) is 3.45. The second-order valence-electron chi connectivity index (χ2n) is 3.12. The van der Waals surface area contributed by atoms with Gasteiger partial charge in [0, 0.05) is 18.1 Å². The van der Waals surface area contributed by atoms with Gasteiger partial charge in [0.05, 0.1) is 0 Å². The minimum absolute atomic E-state index is 1.07. The van der Waals surface area contributed by atoms with Gasteiger partial charge in [0.1, 0.15) is 0 Å². The summed E-state index contributed by atoms with van der Waals surface area (Å²) < 4.78 is 0. The molecule has 1 nitrogen and oxygen atoms in total. The van der Waals surface area contributed by atoms with Crippen LogP contribution in [0.3, 0.4) is 0 Å². The molecule has 0 aromatic heterocycles. The summed E-state index contributed by atoms with van der Waals surface area (Å²) in [7, 11) is 0. The summed E-state index contributed by atoms with van der Waals surface area (Å²) in [5, 5.41) is 0. The summed E-state index contributed by atoms with van der Waals surface area (Å²) in [5.41, 5.74) is 0. The van der Waals surface area contributed by atoms with Crippen LogP contribution in [0.1, 0.15) is 19.3 Å². The van der Waals surface area contributed by atoms with E-state index in [4.69, 9.17) is 0 Å². The first kappa shape index (κ1) is 3.08. The van der Waals surface area contributed by atoms with Gasteiger partial charge < -0.3 is 0 Å². The molecular formula is C6H9N. The molecule has 3 saturated heterocycles. The van der Waals surface area contributed by atoms with Gasteiger partial charge in [-0.1, -0.05) is 0 Å². The van der Waals surface area contributed by atoms with Gasteiger partial charge in [-0.15, -0.1) is 0 Å². The third-order valence-corrected chi connectivity index (χ3v) is 2.90. The van der Waals surface area contributed by atoms with Crippen LogP contribution in [0.2, 0.25) is 0 Å². The minimum Gasteiger partial charge on any atom is -0.294 e. The quantitative estimate of drug-likeness (QED) is 0.426. The molecule has 0 aliphatic carbocycles. The fourth-order valence-electron chi connectivity index (χ4n) is 2.44. The standard InChI is InChI=1S/C6H9N/c1-4-2-6-3-5(1)7(4)6/h4-6H,1-3H2. The van der Waals surface area contributed by atoms with Crippen LogP contribution in [0.25, 0.3) is 0 Å². The van der Waals surface area contributed by atoms with Gasteiger partial charge in [0.25, 0.3) is 0 Å². The van der Waals surface area contributed by atoms with Crippen molar-refractivity contribution in [1.82, 2.24) is 4.90 Å². The first-order valence-corrected chi connectivity index (χ1v) is 3.22. The summed E-state index contributed by atoms with van der Waals surface area (Å²) in [6, 6.07) is 3.22. The Morgan fingerprint density at radius 2 is 1.29 bits per heavy atom. The Balaban J connectivity index is 2.00. The summed E-state index contributed by atoms with van der Waals surface area (Å²) in [6.07, 6.45) is 4.61. The van der Waals surface area contributed by atoms with Crippen LogP contribution in [-0.4, -0.2) is 23.0 Å². The van der Waals surface area contributed by atoms with Crippen molar-refractivity contribution in [3.8, 4) is 0 Å². The lowest BCUT2D eigenvalue weighted by Crippen LogP contribution is -2.78. The zero-order valence-electron chi connectivity index (χ0n) is 4.30. The Hall–Kier alpha value is -0.0400. The molecule has 1 heteroatoms. The topological polar surface area (TPSA) is 3.24 Å². The van der Waals surface area contributed by atoms with Crippen LogP contribution >= 0.6 is 0 Å². The molecule has 38 valence electrons. The predicted octanol–water partition coefficient (Wildman–Crippen LogP) is 0.605. The largest absolute Gasteiger partial charge is 0.294 e. The van der Waals surface area contributed by atoms with Gasteiger partial charge in [-0.2, -0.15) is 0 Å². The van der Waals surface area contributed by atoms with Crippen LogP contribution in [-0.2, 0) is 0 Å². The van der Waals surface area contributed by atoms with E-state index in [0.717, 1.165) is 18.1 Å². The second-order valence-corrected chi connectivity index (χ2v) is 3.12. The van der Waals surface area contributed by atoms with Crippen LogP contribution < -0.4 is 0 Å². The number of piperidine rings is 3. The second kappa shape index (κ2) is 0.655. The highest BCUT2D eigenvalue weighted by atomic mass is 15.4. The third kappa shape index (κ3) is 0.163. The van der Waals surface area contributed by atoms with Gasteiger partial charge >= 0.3 is 0 Å². The van der Waals surface area contributed by atoms with E-state index in [1.165, 1.54) is 19.3 Å². The molecule has 0 aromatic rings. The van der Waals surface area contributed by atoms with E-state index in [0.29, 0.717) is 0 Å². The third-order valence-electron chi connectivity index (χ3n) is 2.90. The van der Waals surface area contributed by atoms with E-state index in [9.17, 15) is 0 Å². The van der Waals surface area contributed by atoms with Gasteiger partial charge in [0.15, 0.2) is 0 Å². The van der Waals surface area contributed by atoms with E-state index in [2.05, 4.69) is 4.90 Å². The lowest BCUT2D eigenvalue weighted by atomic mass is 9.64. The fraction of sp³-hybridized carbons (Fsp3) is 1.00. The van der Waals surface area contributed by atoms with Crippen molar-refractivity contribution in [3.63, 3.8) is 0 Å². The van der Waals surface area contributed by atoms with E-state index < -0.39 is 0 Å². The first-order valence-electron chi connectivity index (χ1n) is 3.22. The highest BCUT2D eigenvalue weighted by Crippen LogP contribution is 2.53. The molecule has 0 N–H and O–H groups in total. The zero-order chi connectivity index (χ0) is 4.43. The van der Waals surface area contributed by atoms with Crippen molar-refractivity contribution in [1.29, 1.82) is 0 Å². The minimum atomic E-state index is 1.07. The summed E-state index contributed by atoms with van der Waals surface area (Å²) in [5.74, 6) is 0. The molecule has 0 bridgehead atoms. The van der Waals surface area contributed by atoms with Gasteiger partial charge in [-0.05, 0) is 19.3 Å². The predicted molar refractivity (Wildman–Crippen MR) is 27.1 cm³/mol.